The molecule has 18 heavy (non-hydrogen) atoms. The number of hydrogen-bond donors (Lipinski definition) is 2. The van der Waals surface area contributed by atoms with Crippen LogP contribution >= 0.6 is 0 Å². The molecule has 0 amide bonds. The molecule has 0 unspecified atom stereocenters. The highest BCUT2D eigenvalue weighted by molar-refractivity contribution is 5.91. The molecule has 3 N–H and O–H groups in total. The van der Waals surface area contributed by atoms with Crippen molar-refractivity contribution in [1.82, 2.24) is 10.1 Å². The first-order valence-corrected chi connectivity index (χ1v) is 5.40. The van der Waals surface area contributed by atoms with Crippen molar-refractivity contribution < 1.29 is 14.4 Å². The van der Waals surface area contributed by atoms with E-state index in [1.165, 1.54) is 6.07 Å². The number of aryl methyl sites for hydroxylation is 1. The van der Waals surface area contributed by atoms with E-state index >= 15 is 0 Å². The van der Waals surface area contributed by atoms with Gasteiger partial charge in [0.1, 0.15) is 0 Å². The van der Waals surface area contributed by atoms with Gasteiger partial charge in [-0.05, 0) is 37.1 Å². The molecule has 2 aromatic rings. The van der Waals surface area contributed by atoms with E-state index in [-0.39, 0.29) is 12.1 Å². The van der Waals surface area contributed by atoms with Crippen molar-refractivity contribution in [2.45, 2.75) is 20.4 Å². The van der Waals surface area contributed by atoms with Crippen LogP contribution in [0.1, 0.15) is 27.4 Å². The molecule has 94 valence electrons. The largest absolute Gasteiger partial charge is 0.478 e. The fourth-order valence-electron chi connectivity index (χ4n) is 1.67. The summed E-state index contributed by atoms with van der Waals surface area (Å²) in [6.07, 6.45) is 0. The molecule has 1 aromatic carbocycles. The molecule has 1 heterocycles. The summed E-state index contributed by atoms with van der Waals surface area (Å²) in [5, 5.41) is 12.9. The van der Waals surface area contributed by atoms with E-state index in [1.54, 1.807) is 6.92 Å². The Kier molecular flexibility index (Phi) is 3.12. The third kappa shape index (κ3) is 2.10. The Morgan fingerprint density at radius 1 is 1.44 bits per heavy atom. The lowest BCUT2D eigenvalue weighted by Gasteiger charge is -2.06. The molecular formula is C12H13N3O3. The van der Waals surface area contributed by atoms with Crippen molar-refractivity contribution in [3.8, 4) is 11.4 Å². The molecule has 6 heteroatoms. The maximum atomic E-state index is 11.1. The lowest BCUT2D eigenvalue weighted by molar-refractivity contribution is 0.0696. The van der Waals surface area contributed by atoms with Crippen molar-refractivity contribution in [2.75, 3.05) is 0 Å². The van der Waals surface area contributed by atoms with Crippen LogP contribution in [0.5, 0.6) is 0 Å². The van der Waals surface area contributed by atoms with Gasteiger partial charge in [0.15, 0.2) is 0 Å². The number of carboxylic acid groups (broad SMARTS) is 1. The zero-order valence-electron chi connectivity index (χ0n) is 10.1. The lowest BCUT2D eigenvalue weighted by Crippen LogP contribution is -2.02. The SMILES string of the molecule is Cc1cc(-c2noc(CN)n2)cc(C(=O)O)c1C. The summed E-state index contributed by atoms with van der Waals surface area (Å²) < 4.78 is 4.91. The number of carboxylic acids is 1. The molecule has 0 aliphatic carbocycles. The van der Waals surface area contributed by atoms with E-state index in [4.69, 9.17) is 15.4 Å². The molecule has 0 spiro atoms. The van der Waals surface area contributed by atoms with Crippen LogP contribution in [0, 0.1) is 13.8 Å². The highest BCUT2D eigenvalue weighted by atomic mass is 16.5. The molecule has 1 aromatic heterocycles. The van der Waals surface area contributed by atoms with Gasteiger partial charge in [0.2, 0.25) is 11.7 Å². The first-order chi connectivity index (χ1) is 8.52. The van der Waals surface area contributed by atoms with Crippen LogP contribution in [0.4, 0.5) is 0 Å². The van der Waals surface area contributed by atoms with Gasteiger partial charge < -0.3 is 15.4 Å². The Balaban J connectivity index is 2.55. The molecule has 0 atom stereocenters. The molecule has 0 fully saturated rings. The normalized spacial score (nSPS) is 10.6. The van der Waals surface area contributed by atoms with Crippen LogP contribution in [0.15, 0.2) is 16.7 Å². The van der Waals surface area contributed by atoms with E-state index in [9.17, 15) is 4.79 Å². The number of aromatic carboxylic acids is 1. The molecule has 0 saturated heterocycles. The molecule has 0 radical (unpaired) electrons. The second-order valence-electron chi connectivity index (χ2n) is 3.99. The molecule has 0 aliphatic heterocycles. The summed E-state index contributed by atoms with van der Waals surface area (Å²) in [5.74, 6) is -0.304. The average Bonchev–Trinajstić information content (AvgIpc) is 2.80. The van der Waals surface area contributed by atoms with Gasteiger partial charge in [-0.3, -0.25) is 0 Å². The van der Waals surface area contributed by atoms with Crippen LogP contribution < -0.4 is 5.73 Å². The van der Waals surface area contributed by atoms with Gasteiger partial charge in [-0.1, -0.05) is 5.16 Å². The number of rotatable bonds is 3. The number of benzene rings is 1. The average molecular weight is 247 g/mol. The number of nitrogens with zero attached hydrogens (tertiary/aromatic N) is 2. The van der Waals surface area contributed by atoms with Gasteiger partial charge >= 0.3 is 5.97 Å². The number of aromatic nitrogens is 2. The molecular weight excluding hydrogens is 234 g/mol. The second kappa shape index (κ2) is 4.58. The first-order valence-electron chi connectivity index (χ1n) is 5.40. The highest BCUT2D eigenvalue weighted by Crippen LogP contribution is 2.23. The summed E-state index contributed by atoms with van der Waals surface area (Å²) >= 11 is 0. The predicted molar refractivity (Wildman–Crippen MR) is 64.1 cm³/mol. The van der Waals surface area contributed by atoms with Gasteiger partial charge in [0, 0.05) is 5.56 Å². The number of carbonyl (C=O) groups is 1. The summed E-state index contributed by atoms with van der Waals surface area (Å²) in [6.45, 7) is 3.77. The highest BCUT2D eigenvalue weighted by Gasteiger charge is 2.14. The monoisotopic (exact) mass is 247 g/mol. The van der Waals surface area contributed by atoms with Gasteiger partial charge in [-0.25, -0.2) is 4.79 Å². The Morgan fingerprint density at radius 2 is 2.17 bits per heavy atom. The lowest BCUT2D eigenvalue weighted by atomic mass is 9.99. The fraction of sp³-hybridized carbons (Fsp3) is 0.250. The minimum absolute atomic E-state index is 0.156. The Labute approximate surface area is 103 Å². The number of nitrogens with two attached hydrogens (primary N) is 1. The summed E-state index contributed by atoms with van der Waals surface area (Å²) in [7, 11) is 0. The van der Waals surface area contributed by atoms with Crippen LogP contribution in [-0.4, -0.2) is 21.2 Å². The quantitative estimate of drug-likeness (QED) is 0.852. The summed E-state index contributed by atoms with van der Waals surface area (Å²) in [6, 6.07) is 3.36. The molecule has 2 rings (SSSR count). The van der Waals surface area contributed by atoms with Gasteiger partial charge in [0.05, 0.1) is 12.1 Å². The van der Waals surface area contributed by atoms with Crippen LogP contribution in [0.3, 0.4) is 0 Å². The maximum Gasteiger partial charge on any atom is 0.335 e. The van der Waals surface area contributed by atoms with Crippen molar-refractivity contribution >= 4 is 5.97 Å². The predicted octanol–water partition coefficient (Wildman–Crippen LogP) is 1.51. The smallest absolute Gasteiger partial charge is 0.335 e. The minimum atomic E-state index is -0.972. The minimum Gasteiger partial charge on any atom is -0.478 e. The Morgan fingerprint density at radius 3 is 2.72 bits per heavy atom. The van der Waals surface area contributed by atoms with E-state index in [0.29, 0.717) is 17.3 Å². The fourth-order valence-corrected chi connectivity index (χ4v) is 1.67. The molecule has 6 nitrogen and oxygen atoms in total. The molecule has 0 aliphatic rings. The van der Waals surface area contributed by atoms with Crippen molar-refractivity contribution in [3.05, 3.63) is 34.7 Å². The first kappa shape index (κ1) is 12.3. The van der Waals surface area contributed by atoms with Gasteiger partial charge in [0.25, 0.3) is 0 Å². The van der Waals surface area contributed by atoms with Crippen LogP contribution in [-0.2, 0) is 6.54 Å². The van der Waals surface area contributed by atoms with E-state index in [1.807, 2.05) is 13.0 Å². The molecule has 0 bridgehead atoms. The summed E-state index contributed by atoms with van der Waals surface area (Å²) in [5.41, 5.74) is 7.83. The van der Waals surface area contributed by atoms with E-state index in [0.717, 1.165) is 11.1 Å². The zero-order chi connectivity index (χ0) is 13.3. The van der Waals surface area contributed by atoms with Crippen molar-refractivity contribution in [3.63, 3.8) is 0 Å². The van der Waals surface area contributed by atoms with Gasteiger partial charge in [-0.2, -0.15) is 4.98 Å². The van der Waals surface area contributed by atoms with Crippen LogP contribution in [0.2, 0.25) is 0 Å². The van der Waals surface area contributed by atoms with Crippen LogP contribution in [0.25, 0.3) is 11.4 Å². The zero-order valence-corrected chi connectivity index (χ0v) is 10.1. The number of hydrogen-bond acceptors (Lipinski definition) is 5. The van der Waals surface area contributed by atoms with Gasteiger partial charge in [-0.15, -0.1) is 0 Å². The van der Waals surface area contributed by atoms with Crippen molar-refractivity contribution in [1.29, 1.82) is 0 Å². The maximum absolute atomic E-state index is 11.1. The third-order valence-corrected chi connectivity index (χ3v) is 2.80. The Hall–Kier alpha value is -2.21. The standard InChI is InChI=1S/C12H13N3O3/c1-6-3-8(4-9(7(6)2)12(16)17)11-14-10(5-13)18-15-11/h3-4H,5,13H2,1-2H3,(H,16,17). The van der Waals surface area contributed by atoms with E-state index in [2.05, 4.69) is 10.1 Å². The topological polar surface area (TPSA) is 102 Å². The third-order valence-electron chi connectivity index (χ3n) is 2.80. The Bertz CT molecular complexity index is 605. The summed E-state index contributed by atoms with van der Waals surface area (Å²) in [4.78, 5) is 15.2. The van der Waals surface area contributed by atoms with E-state index < -0.39 is 5.97 Å². The van der Waals surface area contributed by atoms with Crippen molar-refractivity contribution in [2.24, 2.45) is 5.73 Å². The molecule has 0 saturated carbocycles. The second-order valence-corrected chi connectivity index (χ2v) is 3.99.